The number of aromatic nitrogens is 1. The van der Waals surface area contributed by atoms with Gasteiger partial charge < -0.3 is 19.5 Å². The zero-order valence-corrected chi connectivity index (χ0v) is 22.3. The number of ether oxygens (including phenoxy) is 1. The van der Waals surface area contributed by atoms with E-state index in [0.29, 0.717) is 24.4 Å². The smallest absolute Gasteiger partial charge is 0.322 e. The van der Waals surface area contributed by atoms with Gasteiger partial charge in [-0.2, -0.15) is 0 Å². The number of hydrogen-bond acceptors (Lipinski definition) is 3. The van der Waals surface area contributed by atoms with E-state index in [1.807, 2.05) is 73.8 Å². The number of carbonyl (C=O) groups is 2. The van der Waals surface area contributed by atoms with Crippen molar-refractivity contribution in [2.45, 2.75) is 25.8 Å². The van der Waals surface area contributed by atoms with Gasteiger partial charge in [0.15, 0.2) is 11.6 Å². The number of benzene rings is 3. The second-order valence-electron chi connectivity index (χ2n) is 9.57. The molecule has 0 saturated carbocycles. The summed E-state index contributed by atoms with van der Waals surface area (Å²) in [5.74, 6) is -1.65. The van der Waals surface area contributed by atoms with Gasteiger partial charge in [-0.15, -0.1) is 0 Å². The van der Waals surface area contributed by atoms with Gasteiger partial charge in [-0.3, -0.25) is 9.69 Å². The molecule has 0 saturated heterocycles. The van der Waals surface area contributed by atoms with Gasteiger partial charge in [-0.1, -0.05) is 37.6 Å². The number of carbonyl (C=O) groups excluding carboxylic acids is 2. The molecule has 0 bridgehead atoms. The van der Waals surface area contributed by atoms with Crippen molar-refractivity contribution >= 4 is 23.3 Å². The molecule has 2 heterocycles. The second kappa shape index (κ2) is 11.6. The van der Waals surface area contributed by atoms with Crippen molar-refractivity contribution in [1.82, 2.24) is 9.47 Å². The van der Waals surface area contributed by atoms with Crippen LogP contribution in [0.5, 0.6) is 5.75 Å². The molecule has 1 aliphatic heterocycles. The number of unbranched alkanes of at least 4 members (excludes halogenated alkanes) is 1. The van der Waals surface area contributed by atoms with Crippen LogP contribution in [-0.2, 0) is 4.79 Å². The van der Waals surface area contributed by atoms with Crippen molar-refractivity contribution in [2.75, 3.05) is 30.4 Å². The Balaban J connectivity index is 1.49. The predicted octanol–water partition coefficient (Wildman–Crippen LogP) is 6.53. The molecule has 1 atom stereocenters. The highest BCUT2D eigenvalue weighted by atomic mass is 19.2. The molecule has 5 rings (SSSR count). The first-order chi connectivity index (χ1) is 19.4. The Labute approximate surface area is 231 Å². The number of urea groups is 1. The standard InChI is InChI=1S/C31H30F2N4O3/c1-3-4-17-35(31(39)34-22-13-16-24(32)25(33)19-22)20-29(38)37-27-9-6-5-8-26(27)36-18-7-10-28(36)30(37)21-11-14-23(40-2)15-12-21/h5-16,18-19,30H,3-4,17,20H2,1-2H3,(H,34,39). The van der Waals surface area contributed by atoms with E-state index < -0.39 is 23.7 Å². The van der Waals surface area contributed by atoms with Crippen LogP contribution in [0.3, 0.4) is 0 Å². The summed E-state index contributed by atoms with van der Waals surface area (Å²) in [5.41, 5.74) is 3.47. The number of fused-ring (bicyclic) bond motifs is 3. The summed E-state index contributed by atoms with van der Waals surface area (Å²) in [6, 6.07) is 21.3. The normalized spacial score (nSPS) is 13.8. The minimum atomic E-state index is -1.07. The third-order valence-electron chi connectivity index (χ3n) is 6.99. The number of amides is 3. The van der Waals surface area contributed by atoms with Crippen LogP contribution in [0.2, 0.25) is 0 Å². The molecule has 206 valence electrons. The number of methoxy groups -OCH3 is 1. The summed E-state index contributed by atoms with van der Waals surface area (Å²) in [5, 5.41) is 2.61. The first-order valence-corrected chi connectivity index (χ1v) is 13.1. The SMILES string of the molecule is CCCCN(CC(=O)N1c2ccccc2-n2cccc2C1c1ccc(OC)cc1)C(=O)Nc1ccc(F)c(F)c1. The van der Waals surface area contributed by atoms with Crippen molar-refractivity contribution in [3.63, 3.8) is 0 Å². The first-order valence-electron chi connectivity index (χ1n) is 13.1. The van der Waals surface area contributed by atoms with Crippen molar-refractivity contribution in [1.29, 1.82) is 0 Å². The number of rotatable bonds is 8. The zero-order chi connectivity index (χ0) is 28.2. The van der Waals surface area contributed by atoms with E-state index in [0.717, 1.165) is 35.5 Å². The van der Waals surface area contributed by atoms with Crippen LogP contribution in [0.1, 0.15) is 37.1 Å². The van der Waals surface area contributed by atoms with Crippen molar-refractivity contribution in [2.24, 2.45) is 0 Å². The van der Waals surface area contributed by atoms with E-state index in [-0.39, 0.29) is 18.1 Å². The molecule has 9 heteroatoms. The molecule has 0 aliphatic carbocycles. The number of nitrogens with zero attached hydrogens (tertiary/aromatic N) is 3. The summed E-state index contributed by atoms with van der Waals surface area (Å²) in [7, 11) is 1.60. The zero-order valence-electron chi connectivity index (χ0n) is 22.3. The van der Waals surface area contributed by atoms with Gasteiger partial charge in [0, 0.05) is 24.5 Å². The van der Waals surface area contributed by atoms with Crippen LogP contribution < -0.4 is 15.0 Å². The fourth-order valence-electron chi connectivity index (χ4n) is 4.98. The van der Waals surface area contributed by atoms with Gasteiger partial charge in [0.1, 0.15) is 18.3 Å². The predicted molar refractivity (Wildman–Crippen MR) is 150 cm³/mol. The molecule has 0 fully saturated rings. The number of nitrogens with one attached hydrogen (secondary N) is 1. The fraction of sp³-hybridized carbons (Fsp3) is 0.226. The highest BCUT2D eigenvalue weighted by molar-refractivity contribution is 6.01. The molecule has 1 unspecified atom stereocenters. The van der Waals surface area contributed by atoms with Crippen LogP contribution in [-0.4, -0.2) is 41.6 Å². The lowest BCUT2D eigenvalue weighted by molar-refractivity contribution is -0.119. The molecule has 1 aromatic heterocycles. The summed E-state index contributed by atoms with van der Waals surface area (Å²) >= 11 is 0. The van der Waals surface area contributed by atoms with Crippen molar-refractivity contribution in [3.05, 3.63) is 108 Å². The van der Waals surface area contributed by atoms with Gasteiger partial charge in [-0.25, -0.2) is 13.6 Å². The van der Waals surface area contributed by atoms with Crippen molar-refractivity contribution < 1.29 is 23.1 Å². The lowest BCUT2D eigenvalue weighted by Gasteiger charge is -2.39. The highest BCUT2D eigenvalue weighted by Gasteiger charge is 2.37. The largest absolute Gasteiger partial charge is 0.497 e. The number of halogens is 2. The number of hydrogen-bond donors (Lipinski definition) is 1. The molecule has 7 nitrogen and oxygen atoms in total. The topological polar surface area (TPSA) is 66.8 Å². The molecule has 1 aliphatic rings. The lowest BCUT2D eigenvalue weighted by Crippen LogP contribution is -2.48. The van der Waals surface area contributed by atoms with E-state index in [1.165, 1.54) is 11.0 Å². The average molecular weight is 545 g/mol. The lowest BCUT2D eigenvalue weighted by atomic mass is 9.97. The second-order valence-corrected chi connectivity index (χ2v) is 9.57. The first kappa shape index (κ1) is 26.9. The third-order valence-corrected chi connectivity index (χ3v) is 6.99. The van der Waals surface area contributed by atoms with Gasteiger partial charge in [0.2, 0.25) is 5.91 Å². The molecule has 40 heavy (non-hydrogen) atoms. The number of anilines is 2. The molecule has 3 aromatic carbocycles. The Kier molecular flexibility index (Phi) is 7.82. The molecular formula is C31H30F2N4O3. The summed E-state index contributed by atoms with van der Waals surface area (Å²) < 4.78 is 34.6. The Bertz CT molecular complexity index is 1520. The summed E-state index contributed by atoms with van der Waals surface area (Å²) in [6.07, 6.45) is 3.44. The van der Waals surface area contributed by atoms with E-state index in [2.05, 4.69) is 9.88 Å². The van der Waals surface area contributed by atoms with E-state index in [4.69, 9.17) is 4.74 Å². The quantitative estimate of drug-likeness (QED) is 0.274. The van der Waals surface area contributed by atoms with Crippen LogP contribution in [0.25, 0.3) is 5.69 Å². The maximum atomic E-state index is 14.2. The number of para-hydroxylation sites is 2. The van der Waals surface area contributed by atoms with Gasteiger partial charge in [0.25, 0.3) is 0 Å². The van der Waals surface area contributed by atoms with E-state index in [1.54, 1.807) is 12.0 Å². The fourth-order valence-corrected chi connectivity index (χ4v) is 4.98. The van der Waals surface area contributed by atoms with Gasteiger partial charge >= 0.3 is 6.03 Å². The molecule has 1 N–H and O–H groups in total. The summed E-state index contributed by atoms with van der Waals surface area (Å²) in [6.45, 7) is 2.09. The monoisotopic (exact) mass is 544 g/mol. The van der Waals surface area contributed by atoms with Gasteiger partial charge in [-0.05, 0) is 60.5 Å². The van der Waals surface area contributed by atoms with E-state index >= 15 is 0 Å². The molecule has 0 spiro atoms. The maximum Gasteiger partial charge on any atom is 0.322 e. The third kappa shape index (κ3) is 5.27. The average Bonchev–Trinajstić information content (AvgIpc) is 3.46. The van der Waals surface area contributed by atoms with Crippen LogP contribution >= 0.6 is 0 Å². The molecule has 3 amide bonds. The van der Waals surface area contributed by atoms with Gasteiger partial charge in [0.05, 0.1) is 24.2 Å². The minimum Gasteiger partial charge on any atom is -0.497 e. The molecular weight excluding hydrogens is 514 g/mol. The Morgan fingerprint density at radius 2 is 1.70 bits per heavy atom. The van der Waals surface area contributed by atoms with Crippen LogP contribution in [0.4, 0.5) is 25.0 Å². The highest BCUT2D eigenvalue weighted by Crippen LogP contribution is 2.42. The Morgan fingerprint density at radius 1 is 0.950 bits per heavy atom. The van der Waals surface area contributed by atoms with E-state index in [9.17, 15) is 18.4 Å². The molecule has 0 radical (unpaired) electrons. The van der Waals surface area contributed by atoms with Crippen LogP contribution in [0.15, 0.2) is 85.1 Å². The Hall–Kier alpha value is -4.66. The molecule has 4 aromatic rings. The minimum absolute atomic E-state index is 0.107. The van der Waals surface area contributed by atoms with Crippen LogP contribution in [0, 0.1) is 11.6 Å². The van der Waals surface area contributed by atoms with Crippen molar-refractivity contribution in [3.8, 4) is 11.4 Å². The maximum absolute atomic E-state index is 14.2. The summed E-state index contributed by atoms with van der Waals surface area (Å²) in [4.78, 5) is 30.6. The Morgan fingerprint density at radius 3 is 2.40 bits per heavy atom.